The maximum absolute atomic E-state index is 11.1. The van der Waals surface area contributed by atoms with Crippen LogP contribution in [0.4, 0.5) is 0 Å². The van der Waals surface area contributed by atoms with E-state index in [9.17, 15) is 8.42 Å². The number of rotatable bonds is 1. The molecular formula is C8H5ClN2O2S. The Morgan fingerprint density at radius 2 is 1.93 bits per heavy atom. The van der Waals surface area contributed by atoms with Crippen LogP contribution in [0.2, 0.25) is 0 Å². The molecule has 0 N–H and O–H groups in total. The number of hydrogen-bond acceptors (Lipinski definition) is 4. The average molecular weight is 229 g/mol. The number of hydrogen-bond donors (Lipinski definition) is 0. The van der Waals surface area contributed by atoms with Crippen LogP contribution in [0.1, 0.15) is 0 Å². The smallest absolute Gasteiger partial charge is 0.205 e. The second-order valence-corrected chi connectivity index (χ2v) is 5.16. The van der Waals surface area contributed by atoms with E-state index in [-0.39, 0.29) is 5.03 Å². The predicted molar refractivity (Wildman–Crippen MR) is 52.6 cm³/mol. The number of aromatic nitrogens is 2. The largest absolute Gasteiger partial charge is 0.281 e. The molecule has 14 heavy (non-hydrogen) atoms. The highest BCUT2D eigenvalue weighted by molar-refractivity contribution is 8.13. The van der Waals surface area contributed by atoms with Crippen LogP contribution in [0.5, 0.6) is 0 Å². The van der Waals surface area contributed by atoms with Gasteiger partial charge in [0.25, 0.3) is 9.05 Å². The Labute approximate surface area is 85.0 Å². The van der Waals surface area contributed by atoms with Gasteiger partial charge in [-0.1, -0.05) is 24.3 Å². The van der Waals surface area contributed by atoms with Crippen LogP contribution >= 0.6 is 10.7 Å². The van der Waals surface area contributed by atoms with E-state index in [0.29, 0.717) is 10.8 Å². The molecule has 0 unspecified atom stereocenters. The van der Waals surface area contributed by atoms with Gasteiger partial charge < -0.3 is 0 Å². The zero-order valence-electron chi connectivity index (χ0n) is 6.88. The molecular weight excluding hydrogens is 224 g/mol. The molecule has 0 atom stereocenters. The Kier molecular flexibility index (Phi) is 2.13. The van der Waals surface area contributed by atoms with E-state index in [1.807, 2.05) is 0 Å². The first-order chi connectivity index (χ1) is 6.59. The fraction of sp³-hybridized carbons (Fsp3) is 0. The molecule has 6 heteroatoms. The molecule has 1 aromatic carbocycles. The second kappa shape index (κ2) is 3.18. The van der Waals surface area contributed by atoms with Gasteiger partial charge in [-0.25, -0.2) is 8.42 Å². The molecule has 0 amide bonds. The topological polar surface area (TPSA) is 59.9 Å². The summed E-state index contributed by atoms with van der Waals surface area (Å²) < 4.78 is 22.2. The number of benzene rings is 1. The van der Waals surface area contributed by atoms with Crippen molar-refractivity contribution in [2.75, 3.05) is 0 Å². The normalized spacial score (nSPS) is 11.8. The summed E-state index contributed by atoms with van der Waals surface area (Å²) >= 11 is 0. The molecule has 4 nitrogen and oxygen atoms in total. The zero-order valence-corrected chi connectivity index (χ0v) is 8.46. The van der Waals surface area contributed by atoms with E-state index < -0.39 is 9.05 Å². The summed E-state index contributed by atoms with van der Waals surface area (Å²) in [6, 6.07) is 6.89. The molecule has 1 heterocycles. The van der Waals surface area contributed by atoms with Crippen LogP contribution in [0.25, 0.3) is 10.8 Å². The third-order valence-corrected chi connectivity index (χ3v) is 2.97. The summed E-state index contributed by atoms with van der Waals surface area (Å²) in [5.41, 5.74) is 0. The lowest BCUT2D eigenvalue weighted by Gasteiger charge is -1.99. The van der Waals surface area contributed by atoms with E-state index in [1.165, 1.54) is 6.20 Å². The maximum Gasteiger partial charge on any atom is 0.281 e. The lowest BCUT2D eigenvalue weighted by atomic mass is 10.2. The zero-order chi connectivity index (χ0) is 10.2. The Hall–Kier alpha value is -1.20. The van der Waals surface area contributed by atoms with Gasteiger partial charge in [-0.2, -0.15) is 5.10 Å². The summed E-state index contributed by atoms with van der Waals surface area (Å²) in [4.78, 5) is 0. The first-order valence-electron chi connectivity index (χ1n) is 3.74. The number of halogens is 1. The molecule has 0 saturated heterocycles. The molecule has 72 valence electrons. The van der Waals surface area contributed by atoms with Crippen molar-refractivity contribution in [1.82, 2.24) is 10.2 Å². The van der Waals surface area contributed by atoms with Crippen molar-refractivity contribution in [2.24, 2.45) is 0 Å². The second-order valence-electron chi connectivity index (χ2n) is 2.67. The summed E-state index contributed by atoms with van der Waals surface area (Å²) in [6.45, 7) is 0. The van der Waals surface area contributed by atoms with Crippen LogP contribution < -0.4 is 0 Å². The molecule has 0 aliphatic carbocycles. The van der Waals surface area contributed by atoms with Crippen molar-refractivity contribution in [3.8, 4) is 0 Å². The van der Waals surface area contributed by atoms with Crippen molar-refractivity contribution in [1.29, 1.82) is 0 Å². The van der Waals surface area contributed by atoms with Gasteiger partial charge in [0.2, 0.25) is 5.03 Å². The highest BCUT2D eigenvalue weighted by atomic mass is 35.7. The van der Waals surface area contributed by atoms with E-state index in [1.54, 1.807) is 24.3 Å². The third kappa shape index (κ3) is 1.56. The van der Waals surface area contributed by atoms with Crippen molar-refractivity contribution in [3.63, 3.8) is 0 Å². The Balaban J connectivity index is 2.92. The van der Waals surface area contributed by atoms with Crippen LogP contribution in [0.3, 0.4) is 0 Å². The molecule has 2 rings (SSSR count). The van der Waals surface area contributed by atoms with Crippen LogP contribution in [0, 0.1) is 0 Å². The van der Waals surface area contributed by atoms with Crippen molar-refractivity contribution in [3.05, 3.63) is 30.5 Å². The number of fused-ring (bicyclic) bond motifs is 1. The molecule has 0 radical (unpaired) electrons. The molecule has 0 aliphatic heterocycles. The van der Waals surface area contributed by atoms with Crippen molar-refractivity contribution >= 4 is 30.5 Å². The van der Waals surface area contributed by atoms with Crippen molar-refractivity contribution < 1.29 is 8.42 Å². The van der Waals surface area contributed by atoms with Crippen molar-refractivity contribution in [2.45, 2.75) is 5.03 Å². The third-order valence-electron chi connectivity index (χ3n) is 1.77. The minimum absolute atomic E-state index is 0.197. The molecule has 0 spiro atoms. The molecule has 0 bridgehead atoms. The monoisotopic (exact) mass is 228 g/mol. The van der Waals surface area contributed by atoms with Gasteiger partial charge in [0.15, 0.2) is 0 Å². The van der Waals surface area contributed by atoms with Gasteiger partial charge in [-0.3, -0.25) is 0 Å². The molecule has 1 aromatic heterocycles. The first-order valence-corrected chi connectivity index (χ1v) is 6.05. The van der Waals surface area contributed by atoms with Gasteiger partial charge in [0.1, 0.15) is 0 Å². The average Bonchev–Trinajstić information content (AvgIpc) is 2.15. The highest BCUT2D eigenvalue weighted by Crippen LogP contribution is 2.21. The summed E-state index contributed by atoms with van der Waals surface area (Å²) in [5.74, 6) is 0. The lowest BCUT2D eigenvalue weighted by molar-refractivity contribution is 0.605. The van der Waals surface area contributed by atoms with Crippen LogP contribution in [-0.2, 0) is 9.05 Å². The minimum Gasteiger partial charge on any atom is -0.205 e. The van der Waals surface area contributed by atoms with E-state index >= 15 is 0 Å². The van der Waals surface area contributed by atoms with Gasteiger partial charge >= 0.3 is 0 Å². The Bertz CT molecular complexity index is 577. The maximum atomic E-state index is 11.1. The first kappa shape index (κ1) is 9.36. The van der Waals surface area contributed by atoms with E-state index in [2.05, 4.69) is 10.2 Å². The minimum atomic E-state index is -3.83. The SMILES string of the molecule is O=S(=O)(Cl)c1nncc2ccccc12. The van der Waals surface area contributed by atoms with Crippen LogP contribution in [-0.4, -0.2) is 18.6 Å². The van der Waals surface area contributed by atoms with Crippen LogP contribution in [0.15, 0.2) is 35.5 Å². The summed E-state index contributed by atoms with van der Waals surface area (Å²) in [6.07, 6.45) is 1.49. The molecule has 0 fully saturated rings. The fourth-order valence-corrected chi connectivity index (χ4v) is 2.12. The Morgan fingerprint density at radius 1 is 1.21 bits per heavy atom. The molecule has 0 aliphatic rings. The van der Waals surface area contributed by atoms with Gasteiger partial charge in [-0.05, 0) is 0 Å². The summed E-state index contributed by atoms with van der Waals surface area (Å²) in [5, 5.41) is 8.06. The van der Waals surface area contributed by atoms with E-state index in [4.69, 9.17) is 10.7 Å². The highest BCUT2D eigenvalue weighted by Gasteiger charge is 2.15. The fourth-order valence-electron chi connectivity index (χ4n) is 1.18. The van der Waals surface area contributed by atoms with E-state index in [0.717, 1.165) is 0 Å². The lowest BCUT2D eigenvalue weighted by Crippen LogP contribution is -1.98. The van der Waals surface area contributed by atoms with Gasteiger partial charge in [0, 0.05) is 21.5 Å². The molecule has 2 aromatic rings. The van der Waals surface area contributed by atoms with Gasteiger partial charge in [0.05, 0.1) is 6.20 Å². The summed E-state index contributed by atoms with van der Waals surface area (Å²) in [7, 11) is 1.38. The Morgan fingerprint density at radius 3 is 2.64 bits per heavy atom. The van der Waals surface area contributed by atoms with Gasteiger partial charge in [-0.15, -0.1) is 5.10 Å². The number of nitrogens with zero attached hydrogens (tertiary/aromatic N) is 2. The molecule has 0 saturated carbocycles. The predicted octanol–water partition coefficient (Wildman–Crippen LogP) is 1.56. The standard InChI is InChI=1S/C8H5ClN2O2S/c9-14(12,13)8-7-4-2-1-3-6(7)5-10-11-8/h1-5H. The quantitative estimate of drug-likeness (QED) is 0.695.